The third-order valence-corrected chi connectivity index (χ3v) is 4.43. The van der Waals surface area contributed by atoms with Crippen LogP contribution in [-0.4, -0.2) is 44.6 Å². The molecule has 0 fully saturated rings. The summed E-state index contributed by atoms with van der Waals surface area (Å²) in [6.07, 6.45) is 8.70. The van der Waals surface area contributed by atoms with Gasteiger partial charge in [-0.1, -0.05) is 17.7 Å². The van der Waals surface area contributed by atoms with Crippen molar-refractivity contribution in [2.24, 2.45) is 0 Å². The second kappa shape index (κ2) is 7.40. The molecule has 21 heavy (non-hydrogen) atoms. The smallest absolute Gasteiger partial charge is 0.124 e. The van der Waals surface area contributed by atoms with Crippen molar-refractivity contribution in [3.05, 3.63) is 41.4 Å². The Morgan fingerprint density at radius 1 is 1.19 bits per heavy atom. The van der Waals surface area contributed by atoms with Gasteiger partial charge in [0.25, 0.3) is 0 Å². The quantitative estimate of drug-likeness (QED) is 0.475. The Hall–Kier alpha value is -0.880. The normalized spacial score (nSPS) is 18.8. The first-order valence-electron chi connectivity index (χ1n) is 6.80. The lowest BCUT2D eigenvalue weighted by molar-refractivity contribution is -0.889. The van der Waals surface area contributed by atoms with Crippen molar-refractivity contribution in [1.29, 1.82) is 0 Å². The predicted octanol–water partition coefficient (Wildman–Crippen LogP) is 3.05. The van der Waals surface area contributed by atoms with Crippen LogP contribution in [-0.2, 0) is 10.1 Å². The zero-order valence-corrected chi connectivity index (χ0v) is 14.2. The van der Waals surface area contributed by atoms with Gasteiger partial charge >= 0.3 is 0 Å². The van der Waals surface area contributed by atoms with Gasteiger partial charge in [-0.15, -0.1) is 0 Å². The van der Waals surface area contributed by atoms with Crippen LogP contribution in [0.15, 0.2) is 41.3 Å². The molecule has 1 aromatic rings. The van der Waals surface area contributed by atoms with Crippen molar-refractivity contribution in [2.75, 3.05) is 21.1 Å². The fraction of sp³-hybridized carbons (Fsp3) is 0.467. The molecule has 6 heteroatoms. The van der Waals surface area contributed by atoms with Gasteiger partial charge in [-0.2, -0.15) is 0 Å². The Labute approximate surface area is 132 Å². The maximum Gasteiger partial charge on any atom is 0.124 e. The number of hydrogen-bond acceptors (Lipinski definition) is 3. The molecule has 0 saturated heterocycles. The topological polar surface area (TPSA) is 57.2 Å². The van der Waals surface area contributed by atoms with Crippen LogP contribution in [0.3, 0.4) is 0 Å². The molecule has 1 unspecified atom stereocenters. The zero-order valence-electron chi connectivity index (χ0n) is 12.6. The van der Waals surface area contributed by atoms with Crippen LogP contribution in [0.25, 0.3) is 0 Å². The van der Waals surface area contributed by atoms with Crippen LogP contribution in [0.4, 0.5) is 0 Å². The van der Waals surface area contributed by atoms with Gasteiger partial charge in [0.15, 0.2) is 0 Å². The van der Waals surface area contributed by atoms with Crippen molar-refractivity contribution in [3.8, 4) is 0 Å². The summed E-state index contributed by atoms with van der Waals surface area (Å²) in [6.45, 7) is 0. The van der Waals surface area contributed by atoms with Crippen LogP contribution in [0.2, 0.25) is 5.02 Å². The van der Waals surface area contributed by atoms with Gasteiger partial charge in [0.1, 0.15) is 16.2 Å². The number of hydrogen-bond donors (Lipinski definition) is 0. The molecule has 0 radical (unpaired) electrons. The lowest BCUT2D eigenvalue weighted by atomic mass is 10.0. The maximum absolute atomic E-state index is 10.3. The minimum Gasteiger partial charge on any atom is -0.744 e. The summed E-state index contributed by atoms with van der Waals surface area (Å²) in [5.41, 5.74) is 0. The highest BCUT2D eigenvalue weighted by Gasteiger charge is 2.21. The van der Waals surface area contributed by atoms with E-state index >= 15 is 0 Å². The Morgan fingerprint density at radius 3 is 2.10 bits per heavy atom. The third kappa shape index (κ3) is 6.61. The fourth-order valence-corrected chi connectivity index (χ4v) is 2.64. The van der Waals surface area contributed by atoms with Crippen LogP contribution in [0.5, 0.6) is 0 Å². The van der Waals surface area contributed by atoms with Gasteiger partial charge in [-0.05, 0) is 43.2 Å². The number of rotatable bonds is 2. The van der Waals surface area contributed by atoms with Gasteiger partial charge in [-0.3, -0.25) is 0 Å². The summed E-state index contributed by atoms with van der Waals surface area (Å²) in [6, 6.07) is 5.81. The van der Waals surface area contributed by atoms with Gasteiger partial charge in [0.2, 0.25) is 0 Å². The van der Waals surface area contributed by atoms with Crippen molar-refractivity contribution in [3.63, 3.8) is 0 Å². The monoisotopic (exact) mass is 331 g/mol. The number of nitrogens with zero attached hydrogens (tertiary/aromatic N) is 1. The van der Waals surface area contributed by atoms with Crippen LogP contribution < -0.4 is 0 Å². The number of halogens is 1. The van der Waals surface area contributed by atoms with E-state index in [0.29, 0.717) is 5.02 Å². The van der Waals surface area contributed by atoms with Crippen molar-refractivity contribution >= 4 is 21.7 Å². The molecule has 0 saturated carbocycles. The highest BCUT2D eigenvalue weighted by molar-refractivity contribution is 7.85. The number of allylic oxidation sites excluding steroid dienone is 1. The first-order valence-corrected chi connectivity index (χ1v) is 8.58. The van der Waals surface area contributed by atoms with Gasteiger partial charge in [0, 0.05) is 11.4 Å². The van der Waals surface area contributed by atoms with E-state index < -0.39 is 10.1 Å². The molecule has 0 bridgehead atoms. The van der Waals surface area contributed by atoms with Gasteiger partial charge < -0.3 is 9.04 Å². The lowest BCUT2D eigenvalue weighted by Gasteiger charge is -2.33. The molecule has 0 spiro atoms. The number of quaternary nitrogens is 1. The summed E-state index contributed by atoms with van der Waals surface area (Å²) in [4.78, 5) is -0.262. The molecule has 118 valence electrons. The molecule has 2 rings (SSSR count). The van der Waals surface area contributed by atoms with E-state index in [1.807, 2.05) is 0 Å². The zero-order chi connectivity index (χ0) is 16.1. The Balaban J connectivity index is 0.000000211. The molecular weight excluding hydrogens is 310 g/mol. The number of likely N-dealkylation sites (N-methyl/N-ethyl adjacent to an activating group) is 1. The molecule has 1 aliphatic carbocycles. The largest absolute Gasteiger partial charge is 0.744 e. The highest BCUT2D eigenvalue weighted by Crippen LogP contribution is 2.17. The molecule has 0 aromatic heterocycles. The summed E-state index contributed by atoms with van der Waals surface area (Å²) in [5, 5.41) is 0.400. The van der Waals surface area contributed by atoms with E-state index in [1.54, 1.807) is 0 Å². The van der Waals surface area contributed by atoms with Crippen molar-refractivity contribution < 1.29 is 17.5 Å². The number of benzene rings is 1. The Bertz CT molecular complexity index is 574. The highest BCUT2D eigenvalue weighted by atomic mass is 35.5. The SMILES string of the molecule is C[N+](C)(C)C1C=CCCC1.O=S(=O)([O-])c1ccc(Cl)cc1. The average molecular weight is 332 g/mol. The van der Waals surface area contributed by atoms with E-state index in [-0.39, 0.29) is 4.90 Å². The lowest BCUT2D eigenvalue weighted by Crippen LogP contribution is -2.44. The summed E-state index contributed by atoms with van der Waals surface area (Å²) >= 11 is 5.46. The molecule has 0 N–H and O–H groups in total. The molecule has 0 aliphatic heterocycles. The minimum atomic E-state index is -4.33. The molecule has 0 amide bonds. The van der Waals surface area contributed by atoms with E-state index in [4.69, 9.17) is 11.6 Å². The molecular formula is C15H22ClNO3S. The molecule has 0 heterocycles. The summed E-state index contributed by atoms with van der Waals surface area (Å²) in [5.74, 6) is 0. The fourth-order valence-electron chi connectivity index (χ4n) is 2.04. The standard InChI is InChI=1S/C9H18N.C6H5ClO3S/c1-10(2,3)9-7-5-4-6-8-9;7-5-1-3-6(4-2-5)11(8,9)10/h5,7,9H,4,6,8H2,1-3H3;1-4H,(H,8,9,10)/q+1;/p-1. The minimum absolute atomic E-state index is 0.262. The van der Waals surface area contributed by atoms with Crippen LogP contribution >= 0.6 is 11.6 Å². The summed E-state index contributed by atoms with van der Waals surface area (Å²) < 4.78 is 32.1. The van der Waals surface area contributed by atoms with E-state index in [9.17, 15) is 13.0 Å². The maximum atomic E-state index is 10.3. The summed E-state index contributed by atoms with van der Waals surface area (Å²) in [7, 11) is 2.46. The average Bonchev–Trinajstić information content (AvgIpc) is 2.39. The van der Waals surface area contributed by atoms with Crippen LogP contribution in [0, 0.1) is 0 Å². The van der Waals surface area contributed by atoms with Crippen molar-refractivity contribution in [2.45, 2.75) is 30.2 Å². The van der Waals surface area contributed by atoms with E-state index in [0.717, 1.165) is 10.5 Å². The van der Waals surface area contributed by atoms with Crippen molar-refractivity contribution in [1.82, 2.24) is 0 Å². The first-order chi connectivity index (χ1) is 9.60. The Kier molecular flexibility index (Phi) is 6.41. The third-order valence-electron chi connectivity index (χ3n) is 3.33. The molecule has 4 nitrogen and oxygen atoms in total. The molecule has 1 aromatic carbocycles. The first kappa shape index (κ1) is 18.2. The van der Waals surface area contributed by atoms with Crippen LogP contribution in [0.1, 0.15) is 19.3 Å². The van der Waals surface area contributed by atoms with Gasteiger partial charge in [0.05, 0.1) is 26.0 Å². The van der Waals surface area contributed by atoms with E-state index in [1.165, 1.54) is 43.5 Å². The predicted molar refractivity (Wildman–Crippen MR) is 84.2 cm³/mol. The molecule has 1 atom stereocenters. The Morgan fingerprint density at radius 2 is 1.76 bits per heavy atom. The molecule has 1 aliphatic rings. The van der Waals surface area contributed by atoms with E-state index in [2.05, 4.69) is 33.3 Å². The second-order valence-electron chi connectivity index (χ2n) is 5.95. The van der Waals surface area contributed by atoms with Gasteiger partial charge in [-0.25, -0.2) is 8.42 Å². The second-order valence-corrected chi connectivity index (χ2v) is 7.77.